The first kappa shape index (κ1) is 48.0. The van der Waals surface area contributed by atoms with E-state index in [-0.39, 0.29) is 36.2 Å². The highest BCUT2D eigenvalue weighted by Gasteiger charge is 2.51. The third kappa shape index (κ3) is 14.1. The summed E-state index contributed by atoms with van der Waals surface area (Å²) in [6.07, 6.45) is -7.06. The fraction of sp³-hybridized carbons (Fsp3) is 0.950. The number of ether oxygens (including phenoxy) is 3. The first-order chi connectivity index (χ1) is 25.1. The van der Waals surface area contributed by atoms with Gasteiger partial charge in [-0.2, -0.15) is 0 Å². The van der Waals surface area contributed by atoms with Gasteiger partial charge in [0.1, 0.15) is 48.2 Å². The van der Waals surface area contributed by atoms with Crippen LogP contribution in [-0.2, 0) is 23.8 Å². The van der Waals surface area contributed by atoms with Crippen LogP contribution in [0.3, 0.4) is 0 Å². The Labute approximate surface area is 317 Å². The molecule has 13 heteroatoms. The van der Waals surface area contributed by atoms with Crippen molar-refractivity contribution >= 4 is 11.6 Å². The minimum absolute atomic E-state index is 0.278. The van der Waals surface area contributed by atoms with Crippen LogP contribution in [0.1, 0.15) is 144 Å². The van der Waals surface area contributed by atoms with Gasteiger partial charge in [-0.3, -0.25) is 9.59 Å². The van der Waals surface area contributed by atoms with E-state index in [0.717, 1.165) is 64.2 Å². The van der Waals surface area contributed by atoms with Crippen molar-refractivity contribution in [2.75, 3.05) is 0 Å². The fourth-order valence-corrected chi connectivity index (χ4v) is 7.88. The van der Waals surface area contributed by atoms with Gasteiger partial charge in [-0.25, -0.2) is 0 Å². The topological polar surface area (TPSA) is 224 Å². The number of Topliss-reactive ketones (excluding diaryl/α,β-unsaturated/α-hetero) is 2. The summed E-state index contributed by atoms with van der Waals surface area (Å²) in [6, 6.07) is 0. The van der Waals surface area contributed by atoms with Gasteiger partial charge >= 0.3 is 0 Å². The molecular formula is C40H74O13. The molecule has 16 atom stereocenters. The zero-order valence-corrected chi connectivity index (χ0v) is 33.2. The molecule has 2 fully saturated rings. The standard InChI is InChI=1S/C40H74O13/c1-7-11-13-15-17-19-25(23(5)27(41)9-3)29(43)21-31-33(45)35(47)37(49)39(51-31)53-40-38(50)36(48)34(46)32(52-40)22-30(44)26(24(6)28(42)10-4)20-18-16-14-12-8-2/h23-28,31-42,45-50H,7-22H2,1-6H3/t23?,24?,25-,26-,27-,28-,31-,32+,33-,34+,35+,36-,37-,38+,39-,40?/m0/s1. The number of carbonyl (C=O) groups is 2. The molecule has 0 radical (unpaired) electrons. The molecule has 0 spiro atoms. The van der Waals surface area contributed by atoms with E-state index in [9.17, 15) is 50.4 Å². The maximum atomic E-state index is 13.7. The van der Waals surface area contributed by atoms with Crippen LogP contribution in [0.5, 0.6) is 0 Å². The van der Waals surface area contributed by atoms with Gasteiger partial charge in [0.25, 0.3) is 0 Å². The van der Waals surface area contributed by atoms with Crippen molar-refractivity contribution in [3.63, 3.8) is 0 Å². The Morgan fingerprint density at radius 2 is 0.868 bits per heavy atom. The number of hydrogen-bond acceptors (Lipinski definition) is 13. The molecule has 0 aromatic heterocycles. The van der Waals surface area contributed by atoms with E-state index in [1.54, 1.807) is 0 Å². The monoisotopic (exact) mass is 763 g/mol. The predicted molar refractivity (Wildman–Crippen MR) is 198 cm³/mol. The molecule has 2 saturated heterocycles. The van der Waals surface area contributed by atoms with Crippen molar-refractivity contribution < 1.29 is 64.7 Å². The summed E-state index contributed by atoms with van der Waals surface area (Å²) in [4.78, 5) is 27.4. The summed E-state index contributed by atoms with van der Waals surface area (Å²) in [5, 5.41) is 86.2. The molecule has 8 N–H and O–H groups in total. The molecule has 0 aromatic carbocycles. The molecule has 0 aromatic rings. The van der Waals surface area contributed by atoms with Crippen molar-refractivity contribution in [1.29, 1.82) is 0 Å². The minimum atomic E-state index is -1.85. The maximum absolute atomic E-state index is 13.7. The Bertz CT molecular complexity index is 953. The van der Waals surface area contributed by atoms with Crippen LogP contribution in [0.15, 0.2) is 0 Å². The molecular weight excluding hydrogens is 688 g/mol. The molecule has 13 nitrogen and oxygen atoms in total. The molecule has 2 rings (SSSR count). The summed E-state index contributed by atoms with van der Waals surface area (Å²) in [5.41, 5.74) is 0. The number of rotatable bonds is 26. The summed E-state index contributed by atoms with van der Waals surface area (Å²) in [6.45, 7) is 11.5. The average Bonchev–Trinajstić information content (AvgIpc) is 3.14. The van der Waals surface area contributed by atoms with Gasteiger partial charge in [0.15, 0.2) is 12.6 Å². The summed E-state index contributed by atoms with van der Waals surface area (Å²) < 4.78 is 17.4. The van der Waals surface area contributed by atoms with E-state index in [4.69, 9.17) is 14.2 Å². The maximum Gasteiger partial charge on any atom is 0.189 e. The largest absolute Gasteiger partial charge is 0.393 e. The van der Waals surface area contributed by atoms with E-state index in [2.05, 4.69) is 13.8 Å². The second-order valence-corrected chi connectivity index (χ2v) is 15.8. The highest BCUT2D eigenvalue weighted by molar-refractivity contribution is 5.82. The van der Waals surface area contributed by atoms with E-state index in [0.29, 0.717) is 25.7 Å². The van der Waals surface area contributed by atoms with Gasteiger partial charge in [0.05, 0.1) is 24.4 Å². The van der Waals surface area contributed by atoms with Crippen molar-refractivity contribution in [2.45, 2.75) is 218 Å². The zero-order chi connectivity index (χ0) is 39.8. The third-order valence-electron chi connectivity index (χ3n) is 11.8. The highest BCUT2D eigenvalue weighted by atomic mass is 16.8. The normalized spacial score (nSPS) is 32.8. The van der Waals surface area contributed by atoms with Gasteiger partial charge in [0.2, 0.25) is 0 Å². The molecule has 312 valence electrons. The van der Waals surface area contributed by atoms with Gasteiger partial charge in [-0.15, -0.1) is 0 Å². The van der Waals surface area contributed by atoms with Crippen LogP contribution >= 0.6 is 0 Å². The zero-order valence-electron chi connectivity index (χ0n) is 33.2. The van der Waals surface area contributed by atoms with Crippen molar-refractivity contribution in [3.8, 4) is 0 Å². The van der Waals surface area contributed by atoms with Gasteiger partial charge in [-0.1, -0.05) is 106 Å². The van der Waals surface area contributed by atoms with Crippen molar-refractivity contribution in [2.24, 2.45) is 23.7 Å². The molecule has 53 heavy (non-hydrogen) atoms. The van der Waals surface area contributed by atoms with Crippen LogP contribution in [0.25, 0.3) is 0 Å². The molecule has 0 saturated carbocycles. The SMILES string of the molecule is CCCCCCC[C@H](C(=O)C[C@@H]1O[C@@H](OC2O[C@H](CC(=O)[C@@H](CCCCCCC)C(C)[C@@H](O)CC)[C@@H](O)[C@H](O)[C@H]2O)[C@@H](O)[C@H](O)[C@H]1O)C(C)[C@@H](O)CC. The lowest BCUT2D eigenvalue weighted by molar-refractivity contribution is -0.373. The lowest BCUT2D eigenvalue weighted by atomic mass is 9.79. The number of aliphatic hydroxyl groups is 8. The predicted octanol–water partition coefficient (Wildman–Crippen LogP) is 3.30. The molecule has 0 bridgehead atoms. The fourth-order valence-electron chi connectivity index (χ4n) is 7.88. The average molecular weight is 763 g/mol. The lowest BCUT2D eigenvalue weighted by Crippen LogP contribution is -2.63. The molecule has 0 aliphatic carbocycles. The van der Waals surface area contributed by atoms with E-state index in [1.165, 1.54) is 0 Å². The van der Waals surface area contributed by atoms with Crippen LogP contribution < -0.4 is 0 Å². The Morgan fingerprint density at radius 1 is 0.528 bits per heavy atom. The van der Waals surface area contributed by atoms with E-state index >= 15 is 0 Å². The van der Waals surface area contributed by atoms with Gasteiger partial charge in [-0.05, 0) is 37.5 Å². The lowest BCUT2D eigenvalue weighted by Gasteiger charge is -2.45. The highest BCUT2D eigenvalue weighted by Crippen LogP contribution is 2.34. The smallest absolute Gasteiger partial charge is 0.189 e. The number of unbranched alkanes of at least 4 members (excludes halogenated alkanes) is 8. The first-order valence-corrected chi connectivity index (χ1v) is 20.6. The first-order valence-electron chi connectivity index (χ1n) is 20.6. The Hall–Kier alpha value is -1.10. The Morgan fingerprint density at radius 3 is 1.19 bits per heavy atom. The molecule has 2 heterocycles. The van der Waals surface area contributed by atoms with E-state index in [1.807, 2.05) is 27.7 Å². The second-order valence-electron chi connectivity index (χ2n) is 15.8. The number of ketones is 2. The van der Waals surface area contributed by atoms with Gasteiger partial charge < -0.3 is 55.1 Å². The van der Waals surface area contributed by atoms with Crippen molar-refractivity contribution in [3.05, 3.63) is 0 Å². The van der Waals surface area contributed by atoms with Crippen LogP contribution in [-0.4, -0.2) is 126 Å². The van der Waals surface area contributed by atoms with Crippen LogP contribution in [0.4, 0.5) is 0 Å². The number of hydrogen-bond donors (Lipinski definition) is 8. The molecule has 2 aliphatic heterocycles. The van der Waals surface area contributed by atoms with Crippen LogP contribution in [0, 0.1) is 23.7 Å². The summed E-state index contributed by atoms with van der Waals surface area (Å²) >= 11 is 0. The summed E-state index contributed by atoms with van der Waals surface area (Å²) in [5.74, 6) is -2.36. The quantitative estimate of drug-likeness (QED) is 0.0594. The number of aliphatic hydroxyl groups excluding tert-OH is 8. The summed E-state index contributed by atoms with van der Waals surface area (Å²) in [7, 11) is 0. The third-order valence-corrected chi connectivity index (χ3v) is 11.8. The molecule has 2 aliphatic rings. The second kappa shape index (κ2) is 24.5. The molecule has 3 unspecified atom stereocenters. The Balaban J connectivity index is 2.20. The minimum Gasteiger partial charge on any atom is -0.393 e. The Kier molecular flexibility index (Phi) is 22.2. The van der Waals surface area contributed by atoms with Crippen LogP contribution in [0.2, 0.25) is 0 Å². The molecule has 0 amide bonds. The van der Waals surface area contributed by atoms with Gasteiger partial charge in [0, 0.05) is 24.7 Å². The van der Waals surface area contributed by atoms with E-state index < -0.39 is 85.5 Å². The van der Waals surface area contributed by atoms with Crippen molar-refractivity contribution in [1.82, 2.24) is 0 Å². The number of carbonyl (C=O) groups excluding carboxylic acids is 2.